The molecule has 1 heteroatoms. The van der Waals surface area contributed by atoms with Crippen molar-refractivity contribution in [2.24, 2.45) is 28.6 Å². The van der Waals surface area contributed by atoms with Crippen molar-refractivity contribution in [3.8, 4) is 0 Å². The van der Waals surface area contributed by atoms with Gasteiger partial charge < -0.3 is 4.74 Å². The minimum absolute atomic E-state index is 0.381. The molecule has 5 unspecified atom stereocenters. The molecule has 0 aromatic rings. The zero-order valence-electron chi connectivity index (χ0n) is 13.2. The number of hydrogen-bond donors (Lipinski definition) is 0. The summed E-state index contributed by atoms with van der Waals surface area (Å²) in [6.07, 6.45) is 13.2. The minimum Gasteiger partial charge on any atom is -0.501 e. The molecule has 0 spiro atoms. The molecule has 2 fully saturated rings. The van der Waals surface area contributed by atoms with Gasteiger partial charge in [0, 0.05) is 5.41 Å². The van der Waals surface area contributed by atoms with E-state index in [1.54, 1.807) is 0 Å². The van der Waals surface area contributed by atoms with Gasteiger partial charge in [0.05, 0.1) is 12.9 Å². The Kier molecular flexibility index (Phi) is 2.69. The van der Waals surface area contributed by atoms with Crippen LogP contribution in [-0.4, -0.2) is 6.61 Å². The fourth-order valence-corrected chi connectivity index (χ4v) is 6.15. The number of rotatable bonds is 0. The third-order valence-electron chi connectivity index (χ3n) is 7.36. The summed E-state index contributed by atoms with van der Waals surface area (Å²) < 4.78 is 5.66. The van der Waals surface area contributed by atoms with Crippen molar-refractivity contribution in [3.63, 3.8) is 0 Å². The summed E-state index contributed by atoms with van der Waals surface area (Å²) in [5.74, 6) is 2.63. The van der Waals surface area contributed by atoms with Crippen LogP contribution in [0.3, 0.4) is 0 Å². The monoisotopic (exact) mass is 272 g/mol. The fraction of sp³-hybridized carbons (Fsp3) is 0.789. The second-order valence-electron chi connectivity index (χ2n) is 8.29. The third-order valence-corrected chi connectivity index (χ3v) is 7.36. The average molecular weight is 272 g/mol. The lowest BCUT2D eigenvalue weighted by molar-refractivity contribution is -0.0100. The van der Waals surface area contributed by atoms with Crippen LogP contribution in [0.25, 0.3) is 0 Å². The van der Waals surface area contributed by atoms with Crippen molar-refractivity contribution in [2.45, 2.75) is 59.3 Å². The van der Waals surface area contributed by atoms with Crippen molar-refractivity contribution in [2.75, 3.05) is 6.61 Å². The summed E-state index contributed by atoms with van der Waals surface area (Å²) >= 11 is 0. The van der Waals surface area contributed by atoms with Gasteiger partial charge in [-0.05, 0) is 73.3 Å². The van der Waals surface area contributed by atoms with Gasteiger partial charge in [-0.3, -0.25) is 0 Å². The molecular formula is C19H28O. The lowest BCUT2D eigenvalue weighted by Gasteiger charge is -2.56. The van der Waals surface area contributed by atoms with Crippen LogP contribution < -0.4 is 0 Å². The summed E-state index contributed by atoms with van der Waals surface area (Å²) in [5, 5.41) is 0. The standard InChI is InChI=1S/C19H28O/c1-13-11-14-15-5-4-7-18(15,2)8-6-16(14)19(3)9-10-20-12-17(13)19/h11-12,14-16H,4-10H2,1-3H3. The number of allylic oxidation sites excluding steroid dienone is 3. The lowest BCUT2D eigenvalue weighted by Crippen LogP contribution is -2.48. The smallest absolute Gasteiger partial charge is 0.0882 e. The topological polar surface area (TPSA) is 9.23 Å². The van der Waals surface area contributed by atoms with E-state index in [4.69, 9.17) is 4.74 Å². The Morgan fingerprint density at radius 1 is 1.10 bits per heavy atom. The molecule has 0 radical (unpaired) electrons. The van der Waals surface area contributed by atoms with Gasteiger partial charge in [0.2, 0.25) is 0 Å². The van der Waals surface area contributed by atoms with E-state index in [2.05, 4.69) is 33.1 Å². The summed E-state index contributed by atoms with van der Waals surface area (Å²) in [5.41, 5.74) is 4.03. The van der Waals surface area contributed by atoms with Crippen LogP contribution in [0.15, 0.2) is 23.5 Å². The molecule has 2 saturated carbocycles. The normalized spacial score (nSPS) is 50.2. The van der Waals surface area contributed by atoms with Crippen molar-refractivity contribution in [1.82, 2.24) is 0 Å². The summed E-state index contributed by atoms with van der Waals surface area (Å²) in [6, 6.07) is 0. The molecule has 0 aromatic carbocycles. The predicted molar refractivity (Wildman–Crippen MR) is 82.2 cm³/mol. The SMILES string of the molecule is CC1=CC2C3CCCC3(C)CCC2C2(C)CCOC=C12. The van der Waals surface area contributed by atoms with Crippen molar-refractivity contribution in [3.05, 3.63) is 23.5 Å². The van der Waals surface area contributed by atoms with Gasteiger partial charge in [0.25, 0.3) is 0 Å². The second kappa shape index (κ2) is 4.15. The highest BCUT2D eigenvalue weighted by atomic mass is 16.5. The molecule has 3 aliphatic carbocycles. The van der Waals surface area contributed by atoms with Crippen LogP contribution in [0.1, 0.15) is 59.3 Å². The van der Waals surface area contributed by atoms with E-state index >= 15 is 0 Å². The molecule has 0 saturated heterocycles. The van der Waals surface area contributed by atoms with Crippen LogP contribution >= 0.6 is 0 Å². The first-order valence-electron chi connectivity index (χ1n) is 8.56. The highest BCUT2D eigenvalue weighted by Gasteiger charge is 2.55. The first kappa shape index (κ1) is 13.0. The van der Waals surface area contributed by atoms with Gasteiger partial charge in [-0.2, -0.15) is 0 Å². The van der Waals surface area contributed by atoms with Crippen LogP contribution in [0.5, 0.6) is 0 Å². The maximum absolute atomic E-state index is 5.66. The second-order valence-corrected chi connectivity index (χ2v) is 8.29. The van der Waals surface area contributed by atoms with Crippen molar-refractivity contribution in [1.29, 1.82) is 0 Å². The largest absolute Gasteiger partial charge is 0.501 e. The molecule has 0 aromatic heterocycles. The molecule has 4 aliphatic rings. The van der Waals surface area contributed by atoms with Crippen LogP contribution in [-0.2, 0) is 4.74 Å². The highest BCUT2D eigenvalue weighted by molar-refractivity contribution is 5.40. The van der Waals surface area contributed by atoms with E-state index in [1.807, 2.05) is 0 Å². The highest BCUT2D eigenvalue weighted by Crippen LogP contribution is 2.64. The fourth-order valence-electron chi connectivity index (χ4n) is 6.15. The Morgan fingerprint density at radius 3 is 2.80 bits per heavy atom. The maximum atomic E-state index is 5.66. The molecule has 0 bridgehead atoms. The zero-order chi connectivity index (χ0) is 14.0. The Hall–Kier alpha value is -0.720. The molecule has 0 amide bonds. The quantitative estimate of drug-likeness (QED) is 0.597. The molecular weight excluding hydrogens is 244 g/mol. The molecule has 0 N–H and O–H groups in total. The molecule has 20 heavy (non-hydrogen) atoms. The first-order valence-corrected chi connectivity index (χ1v) is 8.56. The Bertz CT molecular complexity index is 488. The first-order chi connectivity index (χ1) is 9.55. The zero-order valence-corrected chi connectivity index (χ0v) is 13.2. The van der Waals surface area contributed by atoms with Crippen molar-refractivity contribution >= 4 is 0 Å². The van der Waals surface area contributed by atoms with E-state index < -0.39 is 0 Å². The summed E-state index contributed by atoms with van der Waals surface area (Å²) in [4.78, 5) is 0. The Morgan fingerprint density at radius 2 is 1.95 bits per heavy atom. The molecule has 110 valence electrons. The molecule has 1 nitrogen and oxygen atoms in total. The van der Waals surface area contributed by atoms with E-state index in [1.165, 1.54) is 49.7 Å². The Balaban J connectivity index is 1.79. The van der Waals surface area contributed by atoms with Gasteiger partial charge in [0.15, 0.2) is 0 Å². The molecule has 4 rings (SSSR count). The van der Waals surface area contributed by atoms with Gasteiger partial charge in [-0.15, -0.1) is 0 Å². The van der Waals surface area contributed by atoms with Crippen LogP contribution in [0, 0.1) is 28.6 Å². The van der Waals surface area contributed by atoms with E-state index in [0.29, 0.717) is 10.8 Å². The van der Waals surface area contributed by atoms with Gasteiger partial charge in [-0.1, -0.05) is 26.3 Å². The Labute approximate surface area is 123 Å². The number of hydrogen-bond acceptors (Lipinski definition) is 1. The van der Waals surface area contributed by atoms with Crippen molar-refractivity contribution < 1.29 is 4.74 Å². The minimum atomic E-state index is 0.381. The van der Waals surface area contributed by atoms with Crippen LogP contribution in [0.4, 0.5) is 0 Å². The lowest BCUT2D eigenvalue weighted by atomic mass is 9.49. The predicted octanol–water partition coefficient (Wildman–Crippen LogP) is 5.09. The van der Waals surface area contributed by atoms with Crippen LogP contribution in [0.2, 0.25) is 0 Å². The van der Waals surface area contributed by atoms with Gasteiger partial charge in [0.1, 0.15) is 0 Å². The maximum Gasteiger partial charge on any atom is 0.0882 e. The van der Waals surface area contributed by atoms with E-state index in [9.17, 15) is 0 Å². The summed E-state index contributed by atoms with van der Waals surface area (Å²) in [7, 11) is 0. The number of fused-ring (bicyclic) bond motifs is 5. The van der Waals surface area contributed by atoms with E-state index in [-0.39, 0.29) is 0 Å². The average Bonchev–Trinajstić information content (AvgIpc) is 2.81. The number of ether oxygens (including phenoxy) is 1. The molecule has 1 aliphatic heterocycles. The van der Waals surface area contributed by atoms with Gasteiger partial charge >= 0.3 is 0 Å². The summed E-state index contributed by atoms with van der Waals surface area (Å²) in [6.45, 7) is 8.32. The third kappa shape index (κ3) is 1.55. The van der Waals surface area contributed by atoms with Gasteiger partial charge in [-0.25, -0.2) is 0 Å². The molecule has 1 heterocycles. The van der Waals surface area contributed by atoms with E-state index in [0.717, 1.165) is 24.4 Å². The molecule has 5 atom stereocenters.